The zero-order valence-electron chi connectivity index (χ0n) is 22.0. The summed E-state index contributed by atoms with van der Waals surface area (Å²) in [6.45, 7) is 6.55. The molecule has 0 spiro atoms. The second kappa shape index (κ2) is 13.5. The first-order valence-corrected chi connectivity index (χ1v) is 14.4. The highest BCUT2D eigenvalue weighted by atomic mass is 32.2. The van der Waals surface area contributed by atoms with Crippen molar-refractivity contribution < 1.29 is 19.1 Å². The monoisotopic (exact) mass is 535 g/mol. The normalized spacial score (nSPS) is 19.4. The van der Waals surface area contributed by atoms with Crippen LogP contribution in [0, 0.1) is 5.92 Å². The van der Waals surface area contributed by atoms with Gasteiger partial charge in [-0.25, -0.2) is 4.79 Å². The van der Waals surface area contributed by atoms with Crippen LogP contribution < -0.4 is 15.4 Å². The molecule has 2 amide bonds. The van der Waals surface area contributed by atoms with Gasteiger partial charge in [0.15, 0.2) is 5.37 Å². The van der Waals surface area contributed by atoms with E-state index in [0.717, 1.165) is 24.2 Å². The summed E-state index contributed by atoms with van der Waals surface area (Å²) >= 11 is 7.24. The lowest BCUT2D eigenvalue weighted by molar-refractivity contribution is -0.123. The Labute approximate surface area is 225 Å². The Morgan fingerprint density at radius 2 is 1.86 bits per heavy atom. The summed E-state index contributed by atoms with van der Waals surface area (Å²) in [6, 6.07) is 7.56. The van der Waals surface area contributed by atoms with Crippen LogP contribution in [0.25, 0.3) is 0 Å². The number of rotatable bonds is 9. The highest BCUT2D eigenvalue weighted by Crippen LogP contribution is 2.29. The van der Waals surface area contributed by atoms with Crippen LogP contribution in [0.3, 0.4) is 0 Å². The van der Waals surface area contributed by atoms with Gasteiger partial charge in [0, 0.05) is 18.8 Å². The van der Waals surface area contributed by atoms with Crippen LogP contribution >= 0.6 is 24.0 Å². The van der Waals surface area contributed by atoms with Crippen LogP contribution in [0.2, 0.25) is 0 Å². The number of hydrogen-bond acceptors (Lipinski definition) is 6. The average Bonchev–Trinajstić information content (AvgIpc) is 3.35. The molecule has 0 bridgehead atoms. The number of nitrogens with zero attached hydrogens (tertiary/aromatic N) is 1. The van der Waals surface area contributed by atoms with Crippen molar-refractivity contribution in [1.82, 2.24) is 15.5 Å². The molecule has 2 atom stereocenters. The van der Waals surface area contributed by atoms with Crippen molar-refractivity contribution in [2.75, 3.05) is 19.4 Å². The number of hydrogen-bond donors (Lipinski definition) is 2. The van der Waals surface area contributed by atoms with Crippen LogP contribution in [-0.2, 0) is 16.1 Å². The molecule has 36 heavy (non-hydrogen) atoms. The summed E-state index contributed by atoms with van der Waals surface area (Å²) in [4.78, 5) is 28.2. The Hall–Kier alpha value is -2.00. The summed E-state index contributed by atoms with van der Waals surface area (Å²) < 4.78 is 10.8. The molecule has 1 aliphatic heterocycles. The fourth-order valence-corrected chi connectivity index (χ4v) is 6.01. The van der Waals surface area contributed by atoms with Gasteiger partial charge in [-0.05, 0) is 57.2 Å². The van der Waals surface area contributed by atoms with Gasteiger partial charge in [0.1, 0.15) is 11.4 Å². The number of thiocarbonyl (C=S) groups is 1. The highest BCUT2D eigenvalue weighted by Gasteiger charge is 2.38. The number of methoxy groups -OCH3 is 1. The molecule has 0 aromatic heterocycles. The Balaban J connectivity index is 1.63. The molecule has 0 unspecified atom stereocenters. The van der Waals surface area contributed by atoms with Crippen molar-refractivity contribution >= 4 is 41.0 Å². The predicted molar refractivity (Wildman–Crippen MR) is 149 cm³/mol. The molecule has 9 heteroatoms. The van der Waals surface area contributed by atoms with Crippen molar-refractivity contribution in [3.05, 3.63) is 29.8 Å². The molecular weight excluding hydrogens is 494 g/mol. The minimum absolute atomic E-state index is 0.189. The quantitative estimate of drug-likeness (QED) is 0.417. The molecular formula is C27H41N3O4S2. The van der Waals surface area contributed by atoms with E-state index in [9.17, 15) is 9.59 Å². The zero-order valence-corrected chi connectivity index (χ0v) is 23.6. The Morgan fingerprint density at radius 1 is 1.17 bits per heavy atom. The van der Waals surface area contributed by atoms with Gasteiger partial charge in [-0.2, -0.15) is 0 Å². The highest BCUT2D eigenvalue weighted by molar-refractivity contribution is 8.00. The second-order valence-electron chi connectivity index (χ2n) is 10.6. The largest absolute Gasteiger partial charge is 0.497 e. The maximum Gasteiger partial charge on any atom is 0.411 e. The molecule has 7 nitrogen and oxygen atoms in total. The fourth-order valence-electron chi connectivity index (χ4n) is 4.64. The minimum atomic E-state index is -0.610. The van der Waals surface area contributed by atoms with Gasteiger partial charge in [0.05, 0.1) is 18.1 Å². The molecule has 200 valence electrons. The Bertz CT molecular complexity index is 882. The standard InChI is InChI=1S/C27H41N3O4S2/c1-27(2,3)34-26(32)30-16-17-36-25(30)23(31)29-22(15-12-19-8-6-5-7-9-19)24(35)28-18-20-10-13-21(33-4)14-11-20/h10-11,13-14,19,22,25H,5-9,12,15-18H2,1-4H3,(H,28,35)(H,29,31)/t22-,25+/m1/s1. The summed E-state index contributed by atoms with van der Waals surface area (Å²) in [7, 11) is 1.65. The first kappa shape index (κ1) is 28.6. The number of ether oxygens (including phenoxy) is 2. The number of nitrogens with one attached hydrogen (secondary N) is 2. The van der Waals surface area contributed by atoms with E-state index in [1.807, 2.05) is 45.0 Å². The van der Waals surface area contributed by atoms with Crippen molar-refractivity contribution in [1.29, 1.82) is 0 Å². The van der Waals surface area contributed by atoms with Crippen molar-refractivity contribution in [2.45, 2.75) is 89.3 Å². The van der Waals surface area contributed by atoms with Gasteiger partial charge in [0.25, 0.3) is 5.91 Å². The summed E-state index contributed by atoms with van der Waals surface area (Å²) in [5.74, 6) is 2.00. The van der Waals surface area contributed by atoms with E-state index in [2.05, 4.69) is 10.6 Å². The summed E-state index contributed by atoms with van der Waals surface area (Å²) in [5, 5.41) is 5.91. The van der Waals surface area contributed by atoms with E-state index >= 15 is 0 Å². The van der Waals surface area contributed by atoms with Crippen LogP contribution in [0.4, 0.5) is 4.79 Å². The first-order chi connectivity index (χ1) is 17.2. The smallest absolute Gasteiger partial charge is 0.411 e. The van der Waals surface area contributed by atoms with Crippen LogP contribution in [0.1, 0.15) is 71.3 Å². The van der Waals surface area contributed by atoms with Crippen LogP contribution in [-0.4, -0.2) is 58.3 Å². The maximum absolute atomic E-state index is 13.4. The lowest BCUT2D eigenvalue weighted by atomic mass is 9.85. The van der Waals surface area contributed by atoms with Gasteiger partial charge in [-0.1, -0.05) is 56.5 Å². The molecule has 1 saturated carbocycles. The van der Waals surface area contributed by atoms with Crippen LogP contribution in [0.5, 0.6) is 5.75 Å². The molecule has 1 aromatic carbocycles. The van der Waals surface area contributed by atoms with Crippen molar-refractivity contribution in [3.63, 3.8) is 0 Å². The number of benzene rings is 1. The number of carbonyl (C=O) groups is 2. The summed E-state index contributed by atoms with van der Waals surface area (Å²) in [6.07, 6.45) is 7.74. The minimum Gasteiger partial charge on any atom is -0.497 e. The second-order valence-corrected chi connectivity index (χ2v) is 12.2. The molecule has 3 rings (SSSR count). The van der Waals surface area contributed by atoms with E-state index in [4.69, 9.17) is 21.7 Å². The number of amides is 2. The SMILES string of the molecule is COc1ccc(CNC(=S)[C@@H](CCC2CCCCC2)NC(=O)[C@@H]2SCCN2C(=O)OC(C)(C)C)cc1. The van der Waals surface area contributed by atoms with E-state index in [1.165, 1.54) is 48.8 Å². The van der Waals surface area contributed by atoms with Crippen molar-refractivity contribution in [2.24, 2.45) is 5.92 Å². The molecule has 1 saturated heterocycles. The molecule has 2 aliphatic rings. The van der Waals surface area contributed by atoms with E-state index in [0.29, 0.717) is 29.7 Å². The van der Waals surface area contributed by atoms with Gasteiger partial charge >= 0.3 is 6.09 Å². The maximum atomic E-state index is 13.4. The molecule has 1 aliphatic carbocycles. The van der Waals surface area contributed by atoms with Gasteiger partial charge in [-0.3, -0.25) is 9.69 Å². The molecule has 2 N–H and O–H groups in total. The van der Waals surface area contributed by atoms with E-state index < -0.39 is 17.1 Å². The first-order valence-electron chi connectivity index (χ1n) is 13.0. The van der Waals surface area contributed by atoms with Crippen molar-refractivity contribution in [3.8, 4) is 5.75 Å². The Kier molecular flexibility index (Phi) is 10.7. The van der Waals surface area contributed by atoms with Gasteiger partial charge in [-0.15, -0.1) is 11.8 Å². The molecule has 1 aromatic rings. The van der Waals surface area contributed by atoms with E-state index in [-0.39, 0.29) is 11.9 Å². The number of carbonyl (C=O) groups excluding carboxylic acids is 2. The fraction of sp³-hybridized carbons (Fsp3) is 0.667. The number of thioether (sulfide) groups is 1. The topological polar surface area (TPSA) is 79.9 Å². The third-order valence-electron chi connectivity index (χ3n) is 6.59. The lowest BCUT2D eigenvalue weighted by Gasteiger charge is -2.29. The van der Waals surface area contributed by atoms with Crippen LogP contribution in [0.15, 0.2) is 24.3 Å². The third-order valence-corrected chi connectivity index (χ3v) is 8.22. The summed E-state index contributed by atoms with van der Waals surface area (Å²) in [5.41, 5.74) is 0.471. The van der Waals surface area contributed by atoms with E-state index in [1.54, 1.807) is 7.11 Å². The van der Waals surface area contributed by atoms with Gasteiger partial charge in [0.2, 0.25) is 0 Å². The lowest BCUT2D eigenvalue weighted by Crippen LogP contribution is -2.52. The molecule has 2 fully saturated rings. The van der Waals surface area contributed by atoms with Gasteiger partial charge < -0.3 is 20.1 Å². The predicted octanol–water partition coefficient (Wildman–Crippen LogP) is 5.27. The zero-order chi connectivity index (χ0) is 26.1. The average molecular weight is 536 g/mol. The Morgan fingerprint density at radius 3 is 2.50 bits per heavy atom. The molecule has 0 radical (unpaired) electrons. The molecule has 1 heterocycles. The third kappa shape index (κ3) is 8.83.